The van der Waals surface area contributed by atoms with E-state index in [-0.39, 0.29) is 11.2 Å². The van der Waals surface area contributed by atoms with Gasteiger partial charge in [0.05, 0.1) is 30.9 Å². The first-order valence-electron chi connectivity index (χ1n) is 14.4. The van der Waals surface area contributed by atoms with Gasteiger partial charge in [0.2, 0.25) is 5.91 Å². The minimum Gasteiger partial charge on any atom is -0.497 e. The highest BCUT2D eigenvalue weighted by Gasteiger charge is 2.23. The third-order valence-electron chi connectivity index (χ3n) is 7.70. The van der Waals surface area contributed by atoms with E-state index in [0.29, 0.717) is 11.6 Å². The van der Waals surface area contributed by atoms with Gasteiger partial charge in [-0.1, -0.05) is 36.9 Å². The number of hydrogen-bond acceptors (Lipinski definition) is 5. The fourth-order valence-corrected chi connectivity index (χ4v) is 6.39. The second kappa shape index (κ2) is 12.3. The Morgan fingerprint density at radius 2 is 1.51 bits per heavy atom. The van der Waals surface area contributed by atoms with Crippen LogP contribution in [-0.4, -0.2) is 39.9 Å². The van der Waals surface area contributed by atoms with Crippen molar-refractivity contribution in [3.8, 4) is 34.0 Å². The highest BCUT2D eigenvalue weighted by molar-refractivity contribution is 8.00. The van der Waals surface area contributed by atoms with Crippen LogP contribution in [0.4, 0.5) is 5.69 Å². The zero-order chi connectivity index (χ0) is 29.9. The average molecular weight is 591 g/mol. The largest absolute Gasteiger partial charge is 0.497 e. The van der Waals surface area contributed by atoms with E-state index in [1.165, 1.54) is 22.7 Å². The van der Waals surface area contributed by atoms with E-state index < -0.39 is 0 Å². The van der Waals surface area contributed by atoms with E-state index in [0.717, 1.165) is 57.1 Å². The van der Waals surface area contributed by atoms with E-state index >= 15 is 0 Å². The van der Waals surface area contributed by atoms with Crippen LogP contribution in [0.3, 0.4) is 0 Å². The van der Waals surface area contributed by atoms with Crippen molar-refractivity contribution in [2.75, 3.05) is 19.5 Å². The molecule has 0 bridgehead atoms. The first kappa shape index (κ1) is 28.4. The normalized spacial score (nSPS) is 12.0. The Morgan fingerprint density at radius 3 is 2.16 bits per heavy atom. The molecule has 4 aromatic carbocycles. The third-order valence-corrected chi connectivity index (χ3v) is 8.95. The maximum Gasteiger partial charge on any atom is 0.237 e. The summed E-state index contributed by atoms with van der Waals surface area (Å²) in [6.45, 7) is 5.05. The van der Waals surface area contributed by atoms with Gasteiger partial charge >= 0.3 is 0 Å². The van der Waals surface area contributed by atoms with Gasteiger partial charge in [-0.25, -0.2) is 4.98 Å². The number of aryl methyl sites for hydroxylation is 1. The second-order valence-corrected chi connectivity index (χ2v) is 11.4. The number of imidazole rings is 1. The summed E-state index contributed by atoms with van der Waals surface area (Å²) in [5.74, 6) is 1.50. The maximum absolute atomic E-state index is 13.6. The second-order valence-electron chi connectivity index (χ2n) is 10.2. The smallest absolute Gasteiger partial charge is 0.237 e. The van der Waals surface area contributed by atoms with Gasteiger partial charge in [-0.05, 0) is 86.1 Å². The van der Waals surface area contributed by atoms with Crippen molar-refractivity contribution in [1.29, 1.82) is 0 Å². The number of nitrogens with zero attached hydrogens (tertiary/aromatic N) is 2. The summed E-state index contributed by atoms with van der Waals surface area (Å²) in [7, 11) is 3.30. The molecular weight excluding hydrogens is 556 g/mol. The fourth-order valence-electron chi connectivity index (χ4n) is 5.48. The Kier molecular flexibility index (Phi) is 8.11. The molecule has 0 saturated carbocycles. The number of hydrogen-bond donors (Lipinski definition) is 2. The molecular formula is C35H34N4O3S. The molecule has 6 aromatic rings. The molecule has 2 aromatic heterocycles. The standard InChI is InChI=1S/C35H34N4O3S/c1-5-31(34(40)36-24-15-20-30-28(21-24)27-9-7-8-10-29(27)39(30)6-2)43-35-37-32(22-11-16-25(41-3)17-12-22)33(38-35)23-13-18-26(42-4)19-14-23/h7-21,31H,5-6H2,1-4H3,(H,36,40)(H,37,38). The number of rotatable bonds is 10. The van der Waals surface area contributed by atoms with Crippen LogP contribution in [0, 0.1) is 0 Å². The van der Waals surface area contributed by atoms with Crippen LogP contribution < -0.4 is 14.8 Å². The molecule has 218 valence electrons. The first-order valence-corrected chi connectivity index (χ1v) is 15.3. The van der Waals surface area contributed by atoms with E-state index in [9.17, 15) is 4.79 Å². The Bertz CT molecular complexity index is 1830. The summed E-state index contributed by atoms with van der Waals surface area (Å²) < 4.78 is 13.0. The number of carbonyl (C=O) groups excluding carboxylic acids is 1. The minimum atomic E-state index is -0.341. The summed E-state index contributed by atoms with van der Waals surface area (Å²) >= 11 is 1.44. The van der Waals surface area contributed by atoms with Crippen molar-refractivity contribution in [2.24, 2.45) is 0 Å². The van der Waals surface area contributed by atoms with Gasteiger partial charge in [0, 0.05) is 45.2 Å². The number of anilines is 1. The van der Waals surface area contributed by atoms with E-state index in [4.69, 9.17) is 14.5 Å². The molecule has 1 atom stereocenters. The van der Waals surface area contributed by atoms with Gasteiger partial charge < -0.3 is 24.3 Å². The summed E-state index contributed by atoms with van der Waals surface area (Å²) in [4.78, 5) is 22.0. The number of fused-ring (bicyclic) bond motifs is 3. The summed E-state index contributed by atoms with van der Waals surface area (Å²) in [5.41, 5.74) is 6.76. The number of aromatic nitrogens is 3. The molecule has 0 aliphatic rings. The number of aromatic amines is 1. The Balaban J connectivity index is 1.28. The quantitative estimate of drug-likeness (QED) is 0.157. The van der Waals surface area contributed by atoms with Crippen LogP contribution in [0.25, 0.3) is 44.3 Å². The van der Waals surface area contributed by atoms with Crippen molar-refractivity contribution in [3.05, 3.63) is 91.0 Å². The number of para-hydroxylation sites is 1. The van der Waals surface area contributed by atoms with Gasteiger partial charge in [-0.2, -0.15) is 0 Å². The molecule has 43 heavy (non-hydrogen) atoms. The summed E-state index contributed by atoms with van der Waals surface area (Å²) in [6.07, 6.45) is 0.643. The van der Waals surface area contributed by atoms with Gasteiger partial charge in [-0.15, -0.1) is 0 Å². The third kappa shape index (κ3) is 5.58. The van der Waals surface area contributed by atoms with Crippen LogP contribution >= 0.6 is 11.8 Å². The maximum atomic E-state index is 13.6. The molecule has 0 aliphatic carbocycles. The average Bonchev–Trinajstić information content (AvgIpc) is 3.62. The van der Waals surface area contributed by atoms with Crippen LogP contribution in [0.5, 0.6) is 11.5 Å². The van der Waals surface area contributed by atoms with Gasteiger partial charge in [0.1, 0.15) is 11.5 Å². The summed E-state index contributed by atoms with van der Waals surface area (Å²) in [6, 6.07) is 30.3. The molecule has 7 nitrogen and oxygen atoms in total. The Morgan fingerprint density at radius 1 is 0.860 bits per heavy atom. The Labute approximate surface area is 255 Å². The fraction of sp³-hybridized carbons (Fsp3) is 0.200. The number of ether oxygens (including phenoxy) is 2. The lowest BCUT2D eigenvalue weighted by molar-refractivity contribution is -0.115. The summed E-state index contributed by atoms with van der Waals surface area (Å²) in [5, 5.41) is 5.83. The number of nitrogens with one attached hydrogen (secondary N) is 2. The van der Waals surface area contributed by atoms with Crippen LogP contribution in [0.15, 0.2) is 96.2 Å². The van der Waals surface area contributed by atoms with Gasteiger partial charge in [0.25, 0.3) is 0 Å². The van der Waals surface area contributed by atoms with E-state index in [2.05, 4.69) is 58.2 Å². The van der Waals surface area contributed by atoms with Crippen molar-refractivity contribution >= 4 is 45.2 Å². The number of thioether (sulfide) groups is 1. The highest BCUT2D eigenvalue weighted by Crippen LogP contribution is 2.36. The molecule has 2 N–H and O–H groups in total. The van der Waals surface area contributed by atoms with Crippen molar-refractivity contribution in [3.63, 3.8) is 0 Å². The SMILES string of the molecule is CCC(Sc1nc(-c2ccc(OC)cc2)c(-c2ccc(OC)cc2)[nH]1)C(=O)Nc1ccc2c(c1)c1ccccc1n2CC. The van der Waals surface area contributed by atoms with Crippen molar-refractivity contribution in [1.82, 2.24) is 14.5 Å². The zero-order valence-electron chi connectivity index (χ0n) is 24.7. The topological polar surface area (TPSA) is 81.2 Å². The van der Waals surface area contributed by atoms with Crippen molar-refractivity contribution < 1.29 is 14.3 Å². The first-order chi connectivity index (χ1) is 21.0. The monoisotopic (exact) mass is 590 g/mol. The molecule has 0 saturated heterocycles. The molecule has 2 heterocycles. The van der Waals surface area contributed by atoms with E-state index in [1.54, 1.807) is 14.2 Å². The molecule has 0 spiro atoms. The van der Waals surface area contributed by atoms with Gasteiger partial charge in [0.15, 0.2) is 5.16 Å². The molecule has 1 amide bonds. The number of carbonyl (C=O) groups is 1. The minimum absolute atomic E-state index is 0.0560. The van der Waals surface area contributed by atoms with Crippen LogP contribution in [0.2, 0.25) is 0 Å². The van der Waals surface area contributed by atoms with E-state index in [1.807, 2.05) is 61.5 Å². The lowest BCUT2D eigenvalue weighted by Gasteiger charge is -2.14. The lowest BCUT2D eigenvalue weighted by atomic mass is 10.0. The zero-order valence-corrected chi connectivity index (χ0v) is 25.5. The molecule has 0 aliphatic heterocycles. The van der Waals surface area contributed by atoms with Crippen LogP contribution in [0.1, 0.15) is 20.3 Å². The van der Waals surface area contributed by atoms with Crippen molar-refractivity contribution in [2.45, 2.75) is 37.2 Å². The molecule has 1 unspecified atom stereocenters. The highest BCUT2D eigenvalue weighted by atomic mass is 32.2. The molecule has 6 rings (SSSR count). The van der Waals surface area contributed by atoms with Gasteiger partial charge in [-0.3, -0.25) is 4.79 Å². The lowest BCUT2D eigenvalue weighted by Crippen LogP contribution is -2.24. The van der Waals surface area contributed by atoms with Crippen LogP contribution in [-0.2, 0) is 11.3 Å². The number of H-pyrrole nitrogens is 1. The molecule has 8 heteroatoms. The molecule has 0 fully saturated rings. The predicted molar refractivity (Wildman–Crippen MR) is 176 cm³/mol. The molecule has 0 radical (unpaired) electrons. The number of amides is 1. The Hall–Kier alpha value is -4.69. The number of methoxy groups -OCH3 is 2. The number of benzene rings is 4. The predicted octanol–water partition coefficient (Wildman–Crippen LogP) is 8.40.